The Bertz CT molecular complexity index is 3940. The van der Waals surface area contributed by atoms with Crippen molar-refractivity contribution in [1.82, 2.24) is 19.5 Å². The van der Waals surface area contributed by atoms with Gasteiger partial charge < -0.3 is 4.57 Å². The topological polar surface area (TPSA) is 43.6 Å². The molecule has 4 heteroatoms. The molecule has 4 nitrogen and oxygen atoms in total. The van der Waals surface area contributed by atoms with Crippen molar-refractivity contribution in [3.63, 3.8) is 0 Å². The molecule has 0 aliphatic carbocycles. The van der Waals surface area contributed by atoms with Gasteiger partial charge in [-0.05, 0) is 102 Å². The van der Waals surface area contributed by atoms with Gasteiger partial charge in [0, 0.05) is 33.2 Å². The van der Waals surface area contributed by atoms with Crippen molar-refractivity contribution in [3.05, 3.63) is 231 Å². The Labute approximate surface area is 375 Å². The highest BCUT2D eigenvalue weighted by Crippen LogP contribution is 2.43. The van der Waals surface area contributed by atoms with E-state index in [4.69, 9.17) is 15.0 Å². The standard InChI is InChI=1S/C61H38N4/c1-3-16-40(17-4-1)59-62-60(41-18-5-2-6-19-41)64-61(63-59)46-22-13-21-45(35-46)48-26-14-27-53-49-23-9-10-24-50(49)55-37-43(31-34-54(55)58(48)53)44-30-33-52-51-25-11-12-28-56(51)65(57(52)38-44)47-32-29-39-15-7-8-20-42(39)36-47/h1-38H. The number of benzene rings is 11. The molecule has 0 atom stereocenters. The molecule has 13 rings (SSSR count). The Kier molecular flexibility index (Phi) is 8.50. The Morgan fingerprint density at radius 2 is 0.785 bits per heavy atom. The van der Waals surface area contributed by atoms with Crippen molar-refractivity contribution >= 4 is 64.9 Å². The molecule has 0 amide bonds. The molecule has 11 aromatic carbocycles. The molecular weight excluding hydrogens is 789 g/mol. The molecule has 0 unspecified atom stereocenters. The predicted octanol–water partition coefficient (Wildman–Crippen LogP) is 15.9. The monoisotopic (exact) mass is 826 g/mol. The number of para-hydroxylation sites is 1. The molecule has 0 saturated heterocycles. The highest BCUT2D eigenvalue weighted by Gasteiger charge is 2.18. The first-order valence-electron chi connectivity index (χ1n) is 22.1. The minimum Gasteiger partial charge on any atom is -0.309 e. The van der Waals surface area contributed by atoms with Gasteiger partial charge in [0.1, 0.15) is 0 Å². The summed E-state index contributed by atoms with van der Waals surface area (Å²) in [5.74, 6) is 1.93. The molecule has 0 N–H and O–H groups in total. The van der Waals surface area contributed by atoms with E-state index in [1.54, 1.807) is 0 Å². The normalized spacial score (nSPS) is 11.7. The van der Waals surface area contributed by atoms with Gasteiger partial charge in [0.15, 0.2) is 17.5 Å². The van der Waals surface area contributed by atoms with E-state index in [1.165, 1.54) is 76.0 Å². The summed E-state index contributed by atoms with van der Waals surface area (Å²) in [6.45, 7) is 0. The largest absolute Gasteiger partial charge is 0.309 e. The van der Waals surface area contributed by atoms with Gasteiger partial charge in [0.2, 0.25) is 0 Å². The summed E-state index contributed by atoms with van der Waals surface area (Å²) in [5.41, 5.74) is 11.0. The van der Waals surface area contributed by atoms with E-state index >= 15 is 0 Å². The molecule has 0 aliphatic rings. The second-order valence-corrected chi connectivity index (χ2v) is 16.8. The molecule has 13 aromatic rings. The first-order chi connectivity index (χ1) is 32.2. The lowest BCUT2D eigenvalue weighted by atomic mass is 9.88. The van der Waals surface area contributed by atoms with Crippen molar-refractivity contribution < 1.29 is 0 Å². The number of nitrogens with zero attached hydrogens (tertiary/aromatic N) is 4. The first kappa shape index (κ1) is 36.9. The summed E-state index contributed by atoms with van der Waals surface area (Å²) in [7, 11) is 0. The van der Waals surface area contributed by atoms with Gasteiger partial charge in [0.25, 0.3) is 0 Å². The fourth-order valence-electron chi connectivity index (χ4n) is 9.93. The van der Waals surface area contributed by atoms with E-state index in [0.29, 0.717) is 17.5 Å². The second-order valence-electron chi connectivity index (χ2n) is 16.8. The van der Waals surface area contributed by atoms with Gasteiger partial charge in [-0.1, -0.05) is 194 Å². The summed E-state index contributed by atoms with van der Waals surface area (Å²) in [4.78, 5) is 15.1. The molecule has 0 fully saturated rings. The number of hydrogen-bond acceptors (Lipinski definition) is 3. The smallest absolute Gasteiger partial charge is 0.164 e. The molecule has 2 aromatic heterocycles. The van der Waals surface area contributed by atoms with Crippen LogP contribution in [0.4, 0.5) is 0 Å². The summed E-state index contributed by atoms with van der Waals surface area (Å²) in [5, 5.41) is 12.3. The van der Waals surface area contributed by atoms with Gasteiger partial charge in [-0.3, -0.25) is 0 Å². The maximum absolute atomic E-state index is 5.07. The first-order valence-corrected chi connectivity index (χ1v) is 22.1. The molecule has 0 aliphatic heterocycles. The highest BCUT2D eigenvalue weighted by atomic mass is 15.0. The molecule has 2 heterocycles. The fraction of sp³-hybridized carbons (Fsp3) is 0. The predicted molar refractivity (Wildman–Crippen MR) is 271 cm³/mol. The number of rotatable bonds is 6. The summed E-state index contributed by atoms with van der Waals surface area (Å²) < 4.78 is 2.42. The molecule has 0 radical (unpaired) electrons. The molecule has 0 bridgehead atoms. The summed E-state index contributed by atoms with van der Waals surface area (Å²) >= 11 is 0. The van der Waals surface area contributed by atoms with Gasteiger partial charge in [-0.2, -0.15) is 0 Å². The minimum absolute atomic E-state index is 0.636. The zero-order valence-electron chi connectivity index (χ0n) is 35.2. The van der Waals surface area contributed by atoms with E-state index in [-0.39, 0.29) is 0 Å². The average Bonchev–Trinajstić information content (AvgIpc) is 3.72. The van der Waals surface area contributed by atoms with E-state index in [0.717, 1.165) is 33.5 Å². The molecular formula is C61H38N4. The Morgan fingerprint density at radius 3 is 1.54 bits per heavy atom. The molecule has 302 valence electrons. The number of aromatic nitrogens is 4. The van der Waals surface area contributed by atoms with Crippen LogP contribution in [0.2, 0.25) is 0 Å². The number of fused-ring (bicyclic) bond motifs is 10. The van der Waals surface area contributed by atoms with Gasteiger partial charge >= 0.3 is 0 Å². The van der Waals surface area contributed by atoms with E-state index in [2.05, 4.69) is 174 Å². The fourth-order valence-corrected chi connectivity index (χ4v) is 9.93. The van der Waals surface area contributed by atoms with Crippen molar-refractivity contribution in [2.75, 3.05) is 0 Å². The van der Waals surface area contributed by atoms with Crippen LogP contribution in [0, 0.1) is 0 Å². The number of hydrogen-bond donors (Lipinski definition) is 0. The second kappa shape index (κ2) is 15.0. The summed E-state index contributed by atoms with van der Waals surface area (Å²) in [6.07, 6.45) is 0. The average molecular weight is 827 g/mol. The third-order valence-corrected chi connectivity index (χ3v) is 13.0. The van der Waals surface area contributed by atoms with Crippen molar-refractivity contribution in [1.29, 1.82) is 0 Å². The molecule has 0 saturated carbocycles. The van der Waals surface area contributed by atoms with Crippen molar-refractivity contribution in [3.8, 4) is 62.1 Å². The maximum atomic E-state index is 5.07. The van der Waals surface area contributed by atoms with Crippen LogP contribution in [0.1, 0.15) is 0 Å². The van der Waals surface area contributed by atoms with Crippen molar-refractivity contribution in [2.24, 2.45) is 0 Å². The zero-order valence-corrected chi connectivity index (χ0v) is 35.2. The quantitative estimate of drug-likeness (QED) is 0.157. The van der Waals surface area contributed by atoms with Crippen LogP contribution in [0.3, 0.4) is 0 Å². The van der Waals surface area contributed by atoms with Crippen LogP contribution < -0.4 is 0 Å². The van der Waals surface area contributed by atoms with E-state index in [9.17, 15) is 0 Å². The highest BCUT2D eigenvalue weighted by molar-refractivity contribution is 6.29. The van der Waals surface area contributed by atoms with Crippen LogP contribution in [0.5, 0.6) is 0 Å². The van der Waals surface area contributed by atoms with Crippen LogP contribution in [-0.4, -0.2) is 19.5 Å². The van der Waals surface area contributed by atoms with Crippen LogP contribution in [0.25, 0.3) is 127 Å². The molecule has 0 spiro atoms. The lowest BCUT2D eigenvalue weighted by Crippen LogP contribution is -2.00. The Balaban J connectivity index is 0.981. The van der Waals surface area contributed by atoms with Crippen LogP contribution in [-0.2, 0) is 0 Å². The van der Waals surface area contributed by atoms with Gasteiger partial charge in [-0.25, -0.2) is 15.0 Å². The minimum atomic E-state index is 0.636. The Morgan fingerprint density at radius 1 is 0.262 bits per heavy atom. The third-order valence-electron chi connectivity index (χ3n) is 13.0. The SMILES string of the molecule is c1ccc(-c2nc(-c3ccccc3)nc(-c3cccc(-c4cccc5c6ccccc6c6cc(-c7ccc8c9ccccc9n(-c9ccc%10ccccc%10c9)c8c7)ccc6c45)c3)n2)cc1. The lowest BCUT2D eigenvalue weighted by Gasteiger charge is -2.16. The lowest BCUT2D eigenvalue weighted by molar-refractivity contribution is 1.07. The van der Waals surface area contributed by atoms with Gasteiger partial charge in [0.05, 0.1) is 11.0 Å². The maximum Gasteiger partial charge on any atom is 0.164 e. The van der Waals surface area contributed by atoms with E-state index in [1.807, 2.05) is 60.7 Å². The van der Waals surface area contributed by atoms with Crippen LogP contribution in [0.15, 0.2) is 231 Å². The summed E-state index contributed by atoms with van der Waals surface area (Å²) in [6, 6.07) is 82.6. The third kappa shape index (κ3) is 6.18. The van der Waals surface area contributed by atoms with Crippen molar-refractivity contribution in [2.45, 2.75) is 0 Å². The van der Waals surface area contributed by atoms with Gasteiger partial charge in [-0.15, -0.1) is 0 Å². The van der Waals surface area contributed by atoms with E-state index < -0.39 is 0 Å². The van der Waals surface area contributed by atoms with Crippen LogP contribution >= 0.6 is 0 Å². The Hall–Kier alpha value is -8.73. The molecule has 65 heavy (non-hydrogen) atoms. The zero-order chi connectivity index (χ0) is 42.8.